The number of hydrogen-bond acceptors (Lipinski definition) is 4. The molecule has 3 aromatic carbocycles. The number of carboxylic acid groups (broad SMARTS) is 2. The molecule has 1 saturated carbocycles. The number of hydrogen-bond donors (Lipinski definition) is 2. The second-order valence-corrected chi connectivity index (χ2v) is 9.57. The minimum absolute atomic E-state index is 0.0110. The fraction of sp³-hybridized carbons (Fsp3) is 0.233. The van der Waals surface area contributed by atoms with Crippen LogP contribution in [-0.2, 0) is 13.0 Å². The van der Waals surface area contributed by atoms with E-state index in [1.54, 1.807) is 6.07 Å². The Labute approximate surface area is 215 Å². The van der Waals surface area contributed by atoms with Crippen LogP contribution >= 0.6 is 0 Å². The zero-order chi connectivity index (χ0) is 26.1. The number of ether oxygens (including phenoxy) is 1. The molecule has 1 heterocycles. The maximum atomic E-state index is 11.8. The fourth-order valence-electron chi connectivity index (χ4n) is 4.57. The van der Waals surface area contributed by atoms with Gasteiger partial charge in [-0.3, -0.25) is 0 Å². The number of carboxylic acids is 2. The summed E-state index contributed by atoms with van der Waals surface area (Å²) in [6.07, 6.45) is 4.78. The van der Waals surface area contributed by atoms with Crippen LogP contribution in [0.25, 0.3) is 5.69 Å². The maximum absolute atomic E-state index is 11.8. The van der Waals surface area contributed by atoms with Crippen molar-refractivity contribution >= 4 is 11.9 Å². The predicted molar refractivity (Wildman–Crippen MR) is 139 cm³/mol. The Kier molecular flexibility index (Phi) is 6.53. The zero-order valence-electron chi connectivity index (χ0n) is 20.8. The lowest BCUT2D eigenvalue weighted by atomic mass is 9.93. The lowest BCUT2D eigenvalue weighted by molar-refractivity contribution is 0.0695. The summed E-state index contributed by atoms with van der Waals surface area (Å²) in [5.74, 6) is -0.934. The molecule has 7 nitrogen and oxygen atoms in total. The summed E-state index contributed by atoms with van der Waals surface area (Å²) >= 11 is 0. The van der Waals surface area contributed by atoms with Crippen LogP contribution in [0, 0.1) is 13.8 Å². The van der Waals surface area contributed by atoms with Gasteiger partial charge in [0.1, 0.15) is 12.4 Å². The molecule has 7 heteroatoms. The summed E-state index contributed by atoms with van der Waals surface area (Å²) in [7, 11) is 0. The summed E-state index contributed by atoms with van der Waals surface area (Å²) in [5, 5.41) is 23.6. The fourth-order valence-corrected chi connectivity index (χ4v) is 4.57. The summed E-state index contributed by atoms with van der Waals surface area (Å²) < 4.78 is 8.13. The molecular formula is C30H28N2O5. The maximum Gasteiger partial charge on any atom is 0.336 e. The SMILES string of the molecule is Cc1cc(-n2ccc(C3CC3)n2)ccc1OCc1c(C)cccc1Cc1ccc(C(=O)O)cc1C(=O)O. The Morgan fingerprint density at radius 3 is 2.46 bits per heavy atom. The smallest absolute Gasteiger partial charge is 0.336 e. The Balaban J connectivity index is 1.36. The molecule has 0 bridgehead atoms. The van der Waals surface area contributed by atoms with Gasteiger partial charge >= 0.3 is 11.9 Å². The number of aryl methyl sites for hydroxylation is 2. The van der Waals surface area contributed by atoms with Gasteiger partial charge in [-0.1, -0.05) is 24.3 Å². The molecule has 0 amide bonds. The van der Waals surface area contributed by atoms with Crippen molar-refractivity contribution in [3.63, 3.8) is 0 Å². The molecule has 37 heavy (non-hydrogen) atoms. The lowest BCUT2D eigenvalue weighted by Gasteiger charge is -2.16. The second kappa shape index (κ2) is 9.93. The van der Waals surface area contributed by atoms with Crippen LogP contribution in [0.3, 0.4) is 0 Å². The van der Waals surface area contributed by atoms with Crippen LogP contribution < -0.4 is 4.74 Å². The molecule has 0 saturated heterocycles. The van der Waals surface area contributed by atoms with Crippen LogP contribution in [-0.4, -0.2) is 31.9 Å². The van der Waals surface area contributed by atoms with Crippen LogP contribution in [0.4, 0.5) is 0 Å². The van der Waals surface area contributed by atoms with Gasteiger partial charge in [0.15, 0.2) is 0 Å². The van der Waals surface area contributed by atoms with Gasteiger partial charge in [-0.2, -0.15) is 5.10 Å². The summed E-state index contributed by atoms with van der Waals surface area (Å²) in [4.78, 5) is 23.1. The molecule has 4 aromatic rings. The number of carbonyl (C=O) groups is 2. The van der Waals surface area contributed by atoms with E-state index in [-0.39, 0.29) is 11.1 Å². The molecule has 1 aromatic heterocycles. The number of aromatic carboxylic acids is 2. The van der Waals surface area contributed by atoms with Crippen LogP contribution in [0.1, 0.15) is 73.0 Å². The summed E-state index contributed by atoms with van der Waals surface area (Å²) in [6, 6.07) is 18.2. The van der Waals surface area contributed by atoms with E-state index in [0.29, 0.717) is 24.5 Å². The highest BCUT2D eigenvalue weighted by Gasteiger charge is 2.26. The zero-order valence-corrected chi connectivity index (χ0v) is 20.8. The Morgan fingerprint density at radius 2 is 1.76 bits per heavy atom. The first kappa shape index (κ1) is 24.3. The molecule has 5 rings (SSSR count). The number of nitrogens with zero attached hydrogens (tertiary/aromatic N) is 2. The van der Waals surface area contributed by atoms with Crippen LogP contribution in [0.2, 0.25) is 0 Å². The molecule has 1 aliphatic rings. The van der Waals surface area contributed by atoms with Gasteiger partial charge in [0.25, 0.3) is 0 Å². The van der Waals surface area contributed by atoms with Crippen molar-refractivity contribution in [3.8, 4) is 11.4 Å². The standard InChI is InChI=1S/C30H28N2O5/c1-18-4-3-5-21(15-22-8-9-23(29(33)34)16-25(22)30(35)36)26(18)17-37-28-11-10-24(14-19(28)2)32-13-12-27(31-32)20-6-7-20/h3-5,8-14,16,20H,6-7,15,17H2,1-2H3,(H,33,34)(H,35,36). The first-order valence-corrected chi connectivity index (χ1v) is 12.3. The first-order valence-electron chi connectivity index (χ1n) is 12.3. The van der Waals surface area contributed by atoms with Gasteiger partial charge in [0.05, 0.1) is 22.5 Å². The van der Waals surface area contributed by atoms with Crippen molar-refractivity contribution in [2.75, 3.05) is 0 Å². The average molecular weight is 497 g/mol. The molecule has 0 spiro atoms. The van der Waals surface area contributed by atoms with Gasteiger partial charge < -0.3 is 14.9 Å². The Hall–Kier alpha value is -4.39. The minimum Gasteiger partial charge on any atom is -0.489 e. The molecule has 0 atom stereocenters. The van der Waals surface area contributed by atoms with Crippen molar-refractivity contribution in [3.05, 3.63) is 111 Å². The van der Waals surface area contributed by atoms with E-state index >= 15 is 0 Å². The molecule has 0 radical (unpaired) electrons. The van der Waals surface area contributed by atoms with Crippen LogP contribution in [0.5, 0.6) is 5.75 Å². The lowest BCUT2D eigenvalue weighted by Crippen LogP contribution is -2.09. The summed E-state index contributed by atoms with van der Waals surface area (Å²) in [6.45, 7) is 4.33. The quantitative estimate of drug-likeness (QED) is 0.298. The second-order valence-electron chi connectivity index (χ2n) is 9.57. The van der Waals surface area contributed by atoms with E-state index in [0.717, 1.165) is 39.4 Å². The van der Waals surface area contributed by atoms with Crippen molar-refractivity contribution in [1.29, 1.82) is 0 Å². The van der Waals surface area contributed by atoms with Crippen molar-refractivity contribution in [1.82, 2.24) is 9.78 Å². The van der Waals surface area contributed by atoms with Crippen molar-refractivity contribution in [2.45, 2.75) is 45.6 Å². The third-order valence-electron chi connectivity index (χ3n) is 6.88. The van der Waals surface area contributed by atoms with Gasteiger partial charge in [-0.25, -0.2) is 14.3 Å². The van der Waals surface area contributed by atoms with E-state index in [1.807, 2.05) is 55.1 Å². The highest BCUT2D eigenvalue weighted by Crippen LogP contribution is 2.39. The molecule has 0 unspecified atom stereocenters. The topological polar surface area (TPSA) is 102 Å². The van der Waals surface area contributed by atoms with E-state index in [9.17, 15) is 19.8 Å². The first-order chi connectivity index (χ1) is 17.8. The number of rotatable bonds is 9. The monoisotopic (exact) mass is 496 g/mol. The third kappa shape index (κ3) is 5.26. The van der Waals surface area contributed by atoms with Crippen LogP contribution in [0.15, 0.2) is 66.9 Å². The minimum atomic E-state index is -1.16. The third-order valence-corrected chi connectivity index (χ3v) is 6.88. The van der Waals surface area contributed by atoms with Gasteiger partial charge in [-0.05, 0) is 97.3 Å². The molecule has 0 aliphatic heterocycles. The molecule has 2 N–H and O–H groups in total. The van der Waals surface area contributed by atoms with E-state index in [4.69, 9.17) is 9.84 Å². The molecule has 1 fully saturated rings. The Morgan fingerprint density at radius 1 is 0.946 bits per heavy atom. The van der Waals surface area contributed by atoms with Gasteiger partial charge in [0.2, 0.25) is 0 Å². The normalized spacial score (nSPS) is 12.9. The van der Waals surface area contributed by atoms with E-state index < -0.39 is 11.9 Å². The highest BCUT2D eigenvalue weighted by atomic mass is 16.5. The molecule has 1 aliphatic carbocycles. The van der Waals surface area contributed by atoms with Gasteiger partial charge in [-0.15, -0.1) is 0 Å². The summed E-state index contributed by atoms with van der Waals surface area (Å²) in [5.41, 5.74) is 6.57. The Bertz CT molecular complexity index is 1500. The average Bonchev–Trinajstić information content (AvgIpc) is 3.60. The van der Waals surface area contributed by atoms with E-state index in [2.05, 4.69) is 12.1 Å². The largest absolute Gasteiger partial charge is 0.489 e. The van der Waals surface area contributed by atoms with Crippen molar-refractivity contribution in [2.24, 2.45) is 0 Å². The number of aromatic nitrogens is 2. The predicted octanol–water partition coefficient (Wildman–Crippen LogP) is 5.93. The van der Waals surface area contributed by atoms with E-state index in [1.165, 1.54) is 25.0 Å². The van der Waals surface area contributed by atoms with Crippen molar-refractivity contribution < 1.29 is 24.5 Å². The van der Waals surface area contributed by atoms with Gasteiger partial charge in [0, 0.05) is 12.1 Å². The highest BCUT2D eigenvalue weighted by molar-refractivity contribution is 5.95. The molecular weight excluding hydrogens is 468 g/mol. The molecule has 188 valence electrons. The number of benzene rings is 3.